The number of fused-ring (bicyclic) bond motifs is 1. The van der Waals surface area contributed by atoms with Crippen LogP contribution in [0.5, 0.6) is 0 Å². The molecule has 1 aliphatic heterocycles. The second kappa shape index (κ2) is 7.22. The summed E-state index contributed by atoms with van der Waals surface area (Å²) in [5.74, 6) is 0. The van der Waals surface area contributed by atoms with Crippen LogP contribution in [-0.2, 0) is 4.74 Å². The molecular formula is C21H18ClN5O. The average molecular weight is 392 g/mol. The van der Waals surface area contributed by atoms with Gasteiger partial charge in [0.2, 0.25) is 0 Å². The topological polar surface area (TPSA) is 55.5 Å². The number of aromatic nitrogens is 4. The highest BCUT2D eigenvalue weighted by Gasteiger charge is 2.12. The van der Waals surface area contributed by atoms with E-state index in [0.717, 1.165) is 54.2 Å². The van der Waals surface area contributed by atoms with Gasteiger partial charge >= 0.3 is 0 Å². The third-order valence-corrected chi connectivity index (χ3v) is 5.18. The van der Waals surface area contributed by atoms with Crippen LogP contribution >= 0.6 is 11.6 Å². The molecule has 6 nitrogen and oxygen atoms in total. The van der Waals surface area contributed by atoms with E-state index in [1.54, 1.807) is 16.9 Å². The monoisotopic (exact) mass is 391 g/mol. The maximum absolute atomic E-state index is 6.02. The van der Waals surface area contributed by atoms with Crippen LogP contribution < -0.4 is 4.90 Å². The van der Waals surface area contributed by atoms with Gasteiger partial charge in [-0.3, -0.25) is 0 Å². The molecule has 0 bridgehead atoms. The molecule has 1 fully saturated rings. The zero-order valence-corrected chi connectivity index (χ0v) is 15.9. The van der Waals surface area contributed by atoms with Gasteiger partial charge in [0.25, 0.3) is 0 Å². The van der Waals surface area contributed by atoms with Crippen molar-refractivity contribution < 1.29 is 4.74 Å². The quantitative estimate of drug-likeness (QED) is 0.495. The highest BCUT2D eigenvalue weighted by atomic mass is 35.5. The molecule has 0 atom stereocenters. The Morgan fingerprint density at radius 1 is 0.893 bits per heavy atom. The summed E-state index contributed by atoms with van der Waals surface area (Å²) in [6.07, 6.45) is 7.37. The molecule has 0 aliphatic carbocycles. The first-order valence-corrected chi connectivity index (χ1v) is 9.54. The molecule has 0 radical (unpaired) electrons. The van der Waals surface area contributed by atoms with Crippen LogP contribution in [0.4, 0.5) is 5.69 Å². The molecule has 1 aliphatic rings. The first-order chi connectivity index (χ1) is 13.8. The molecule has 3 aromatic heterocycles. The maximum atomic E-state index is 6.02. The summed E-state index contributed by atoms with van der Waals surface area (Å²) in [5.41, 5.74) is 6.01. The summed E-state index contributed by atoms with van der Waals surface area (Å²) in [6, 6.07) is 12.3. The molecule has 140 valence electrons. The van der Waals surface area contributed by atoms with Crippen molar-refractivity contribution in [2.45, 2.75) is 0 Å². The number of halogens is 1. The molecule has 0 amide bonds. The van der Waals surface area contributed by atoms with Crippen LogP contribution in [-0.4, -0.2) is 45.9 Å². The zero-order chi connectivity index (χ0) is 18.9. The van der Waals surface area contributed by atoms with Crippen LogP contribution in [0.2, 0.25) is 5.15 Å². The summed E-state index contributed by atoms with van der Waals surface area (Å²) in [5, 5.41) is 4.92. The Morgan fingerprint density at radius 2 is 1.71 bits per heavy atom. The highest BCUT2D eigenvalue weighted by molar-refractivity contribution is 6.29. The van der Waals surface area contributed by atoms with Gasteiger partial charge in [-0.2, -0.15) is 5.10 Å². The molecular weight excluding hydrogens is 374 g/mol. The normalized spacial score (nSPS) is 14.5. The summed E-state index contributed by atoms with van der Waals surface area (Å²) in [4.78, 5) is 11.0. The fourth-order valence-electron chi connectivity index (χ4n) is 3.48. The summed E-state index contributed by atoms with van der Waals surface area (Å²) in [6.45, 7) is 3.43. The van der Waals surface area contributed by atoms with Crippen molar-refractivity contribution in [3.05, 3.63) is 66.3 Å². The Balaban J connectivity index is 1.45. The van der Waals surface area contributed by atoms with Crippen molar-refractivity contribution in [2.24, 2.45) is 0 Å². The SMILES string of the molecule is Clc1cc(-c2cnn3cc(-c4ccc(N5CCOCC5)cc4)cnc23)ccn1. The number of anilines is 1. The molecule has 28 heavy (non-hydrogen) atoms. The summed E-state index contributed by atoms with van der Waals surface area (Å²) in [7, 11) is 0. The van der Waals surface area contributed by atoms with Gasteiger partial charge in [-0.1, -0.05) is 23.7 Å². The molecule has 5 rings (SSSR count). The molecule has 1 saturated heterocycles. The molecule has 0 N–H and O–H groups in total. The molecule has 0 unspecified atom stereocenters. The Hall–Kier alpha value is -2.96. The van der Waals surface area contributed by atoms with E-state index >= 15 is 0 Å². The minimum Gasteiger partial charge on any atom is -0.378 e. The Morgan fingerprint density at radius 3 is 2.50 bits per heavy atom. The van der Waals surface area contributed by atoms with E-state index < -0.39 is 0 Å². The average Bonchev–Trinajstić information content (AvgIpc) is 3.18. The lowest BCUT2D eigenvalue weighted by Crippen LogP contribution is -2.36. The number of rotatable bonds is 3. The second-order valence-corrected chi connectivity index (χ2v) is 7.07. The zero-order valence-electron chi connectivity index (χ0n) is 15.1. The number of pyridine rings is 1. The maximum Gasteiger partial charge on any atom is 0.162 e. The van der Waals surface area contributed by atoms with Crippen LogP contribution in [0.3, 0.4) is 0 Å². The van der Waals surface area contributed by atoms with E-state index in [-0.39, 0.29) is 0 Å². The molecule has 1 aromatic carbocycles. The van der Waals surface area contributed by atoms with Crippen molar-refractivity contribution in [1.29, 1.82) is 0 Å². The third kappa shape index (κ3) is 3.21. The number of ether oxygens (including phenoxy) is 1. The molecule has 7 heteroatoms. The fraction of sp³-hybridized carbons (Fsp3) is 0.190. The minimum absolute atomic E-state index is 0.453. The van der Waals surface area contributed by atoms with Gasteiger partial charge in [-0.15, -0.1) is 0 Å². The van der Waals surface area contributed by atoms with Crippen molar-refractivity contribution in [2.75, 3.05) is 31.2 Å². The predicted octanol–water partition coefficient (Wildman–Crippen LogP) is 3.95. The van der Waals surface area contributed by atoms with Crippen LogP contribution in [0.1, 0.15) is 0 Å². The lowest BCUT2D eigenvalue weighted by atomic mass is 10.1. The first-order valence-electron chi connectivity index (χ1n) is 9.16. The summed E-state index contributed by atoms with van der Waals surface area (Å²) < 4.78 is 7.23. The lowest BCUT2D eigenvalue weighted by Gasteiger charge is -2.28. The van der Waals surface area contributed by atoms with Gasteiger partial charge in [0, 0.05) is 48.5 Å². The van der Waals surface area contributed by atoms with E-state index in [4.69, 9.17) is 16.3 Å². The minimum atomic E-state index is 0.453. The number of hydrogen-bond acceptors (Lipinski definition) is 5. The molecule has 4 heterocycles. The van der Waals surface area contributed by atoms with Crippen LogP contribution in [0.25, 0.3) is 27.9 Å². The van der Waals surface area contributed by atoms with Crippen LogP contribution in [0, 0.1) is 0 Å². The Bertz CT molecular complexity index is 1120. The van der Waals surface area contributed by atoms with Gasteiger partial charge in [-0.25, -0.2) is 14.5 Å². The largest absolute Gasteiger partial charge is 0.378 e. The van der Waals surface area contributed by atoms with E-state index in [1.807, 2.05) is 24.5 Å². The third-order valence-electron chi connectivity index (χ3n) is 4.97. The number of benzene rings is 1. The highest BCUT2D eigenvalue weighted by Crippen LogP contribution is 2.27. The Labute approximate surface area is 167 Å². The molecule has 0 saturated carbocycles. The lowest BCUT2D eigenvalue weighted by molar-refractivity contribution is 0.122. The van der Waals surface area contributed by atoms with E-state index in [1.165, 1.54) is 5.69 Å². The number of morpholine rings is 1. The van der Waals surface area contributed by atoms with Crippen molar-refractivity contribution in [1.82, 2.24) is 19.6 Å². The second-order valence-electron chi connectivity index (χ2n) is 6.68. The van der Waals surface area contributed by atoms with Gasteiger partial charge in [0.05, 0.1) is 19.4 Å². The van der Waals surface area contributed by atoms with Crippen molar-refractivity contribution >= 4 is 22.9 Å². The van der Waals surface area contributed by atoms with Gasteiger partial charge in [-0.05, 0) is 35.4 Å². The summed E-state index contributed by atoms with van der Waals surface area (Å²) >= 11 is 6.02. The van der Waals surface area contributed by atoms with E-state index in [2.05, 4.69) is 44.2 Å². The van der Waals surface area contributed by atoms with Gasteiger partial charge in [0.1, 0.15) is 5.15 Å². The standard InChI is InChI=1S/C21H18ClN5O/c22-20-11-16(5-6-23-20)19-13-25-27-14-17(12-24-21(19)27)15-1-3-18(4-2-15)26-7-9-28-10-8-26/h1-6,11-14H,7-10H2. The number of hydrogen-bond donors (Lipinski definition) is 0. The number of nitrogens with zero attached hydrogens (tertiary/aromatic N) is 5. The fourth-order valence-corrected chi connectivity index (χ4v) is 3.66. The van der Waals surface area contributed by atoms with E-state index in [9.17, 15) is 0 Å². The van der Waals surface area contributed by atoms with Gasteiger partial charge < -0.3 is 9.64 Å². The molecule has 4 aromatic rings. The predicted molar refractivity (Wildman–Crippen MR) is 110 cm³/mol. The Kier molecular flexibility index (Phi) is 4.43. The molecule has 0 spiro atoms. The van der Waals surface area contributed by atoms with E-state index in [0.29, 0.717) is 5.15 Å². The first kappa shape index (κ1) is 17.2. The van der Waals surface area contributed by atoms with Crippen molar-refractivity contribution in [3.63, 3.8) is 0 Å². The van der Waals surface area contributed by atoms with Crippen molar-refractivity contribution in [3.8, 4) is 22.3 Å². The smallest absolute Gasteiger partial charge is 0.162 e. The van der Waals surface area contributed by atoms with Crippen LogP contribution in [0.15, 0.2) is 61.2 Å². The van der Waals surface area contributed by atoms with Gasteiger partial charge in [0.15, 0.2) is 5.65 Å².